The maximum Gasteiger partial charge on any atom is 0.233 e. The minimum absolute atomic E-state index is 0.117. The van der Waals surface area contributed by atoms with Crippen LogP contribution in [0.15, 0.2) is 130 Å². The van der Waals surface area contributed by atoms with Gasteiger partial charge < -0.3 is 9.73 Å². The van der Waals surface area contributed by atoms with E-state index < -0.39 is 9.84 Å². The van der Waals surface area contributed by atoms with Gasteiger partial charge in [-0.25, -0.2) is 8.42 Å². The maximum atomic E-state index is 13.7. The molecule has 0 unspecified atom stereocenters. The number of anilines is 1. The fourth-order valence-corrected chi connectivity index (χ4v) is 5.40. The van der Waals surface area contributed by atoms with Gasteiger partial charge in [0.2, 0.25) is 26.6 Å². The number of hydrogen-bond acceptors (Lipinski definition) is 5. The number of oxazole rings is 1. The van der Waals surface area contributed by atoms with Gasteiger partial charge in [0, 0.05) is 6.54 Å². The van der Waals surface area contributed by atoms with Gasteiger partial charge in [-0.3, -0.25) is 0 Å². The van der Waals surface area contributed by atoms with Crippen LogP contribution in [-0.2, 0) is 16.4 Å². The summed E-state index contributed by atoms with van der Waals surface area (Å²) in [6, 6.07) is 36.2. The van der Waals surface area contributed by atoms with E-state index >= 15 is 0 Å². The van der Waals surface area contributed by atoms with Crippen LogP contribution >= 0.6 is 0 Å². The van der Waals surface area contributed by atoms with Crippen LogP contribution in [0.1, 0.15) is 34.1 Å². The smallest absolute Gasteiger partial charge is 0.233 e. The number of rotatable bonds is 8. The molecule has 6 heteroatoms. The van der Waals surface area contributed by atoms with Gasteiger partial charge in [0.1, 0.15) is 0 Å². The zero-order chi connectivity index (χ0) is 25.0. The van der Waals surface area contributed by atoms with Crippen molar-refractivity contribution in [3.05, 3.63) is 143 Å². The predicted molar refractivity (Wildman–Crippen MR) is 141 cm³/mol. The molecule has 4 aromatic carbocycles. The normalized spacial score (nSPS) is 11.5. The van der Waals surface area contributed by atoms with E-state index in [4.69, 9.17) is 4.42 Å². The average molecular weight is 495 g/mol. The van der Waals surface area contributed by atoms with Gasteiger partial charge in [-0.15, -0.1) is 0 Å². The lowest BCUT2D eigenvalue weighted by atomic mass is 9.91. The number of aryl methyl sites for hydroxylation is 1. The SMILES string of the molecule is Cc1ccc(S(=O)(=O)c2nc(C(c3ccccc3)c3ccccc3)oc2NCc2ccccc2)cc1. The zero-order valence-corrected chi connectivity index (χ0v) is 20.7. The van der Waals surface area contributed by atoms with Crippen molar-refractivity contribution >= 4 is 15.7 Å². The molecule has 0 spiro atoms. The molecule has 5 aromatic rings. The molecule has 180 valence electrons. The summed E-state index contributed by atoms with van der Waals surface area (Å²) in [6.07, 6.45) is 0. The summed E-state index contributed by atoms with van der Waals surface area (Å²) in [4.78, 5) is 4.80. The van der Waals surface area contributed by atoms with Gasteiger partial charge in [-0.2, -0.15) is 4.98 Å². The molecule has 5 nitrogen and oxygen atoms in total. The fourth-order valence-electron chi connectivity index (χ4n) is 4.12. The summed E-state index contributed by atoms with van der Waals surface area (Å²) in [5, 5.41) is 3.07. The molecule has 0 aliphatic rings. The van der Waals surface area contributed by atoms with Crippen LogP contribution in [0.2, 0.25) is 0 Å². The Kier molecular flexibility index (Phi) is 6.69. The Balaban J connectivity index is 1.63. The first-order valence-corrected chi connectivity index (χ1v) is 13.2. The monoisotopic (exact) mass is 494 g/mol. The Hall–Kier alpha value is -4.16. The van der Waals surface area contributed by atoms with Gasteiger partial charge in [0.05, 0.1) is 10.8 Å². The Morgan fingerprint density at radius 2 is 1.28 bits per heavy atom. The van der Waals surface area contributed by atoms with Crippen LogP contribution in [0, 0.1) is 6.92 Å². The molecule has 0 atom stereocenters. The lowest BCUT2D eigenvalue weighted by Gasteiger charge is -2.14. The second kappa shape index (κ2) is 10.2. The third-order valence-corrected chi connectivity index (χ3v) is 7.69. The molecule has 36 heavy (non-hydrogen) atoms. The third kappa shape index (κ3) is 4.95. The van der Waals surface area contributed by atoms with Crippen molar-refractivity contribution in [3.8, 4) is 0 Å². The van der Waals surface area contributed by atoms with E-state index in [0.29, 0.717) is 12.4 Å². The van der Waals surface area contributed by atoms with Crippen LogP contribution < -0.4 is 5.32 Å². The van der Waals surface area contributed by atoms with Crippen LogP contribution in [0.25, 0.3) is 0 Å². The highest BCUT2D eigenvalue weighted by Crippen LogP contribution is 2.37. The van der Waals surface area contributed by atoms with Crippen molar-refractivity contribution in [1.29, 1.82) is 0 Å². The first kappa shape index (κ1) is 23.6. The van der Waals surface area contributed by atoms with E-state index in [-0.39, 0.29) is 21.7 Å². The van der Waals surface area contributed by atoms with Crippen molar-refractivity contribution in [3.63, 3.8) is 0 Å². The molecular formula is C30H26N2O3S. The molecule has 0 fully saturated rings. The Bertz CT molecular complexity index is 1490. The number of nitrogens with one attached hydrogen (secondary N) is 1. The molecule has 0 aliphatic carbocycles. The number of benzene rings is 4. The largest absolute Gasteiger partial charge is 0.423 e. The predicted octanol–water partition coefficient (Wildman–Crippen LogP) is 6.61. The zero-order valence-electron chi connectivity index (χ0n) is 19.8. The highest BCUT2D eigenvalue weighted by molar-refractivity contribution is 7.91. The summed E-state index contributed by atoms with van der Waals surface area (Å²) in [5.74, 6) is 0.0755. The molecule has 1 heterocycles. The second-order valence-electron chi connectivity index (χ2n) is 8.60. The Morgan fingerprint density at radius 3 is 1.83 bits per heavy atom. The number of aromatic nitrogens is 1. The van der Waals surface area contributed by atoms with Crippen molar-refractivity contribution in [1.82, 2.24) is 4.98 Å². The van der Waals surface area contributed by atoms with Crippen molar-refractivity contribution in [2.75, 3.05) is 5.32 Å². The van der Waals surface area contributed by atoms with E-state index in [9.17, 15) is 8.42 Å². The van der Waals surface area contributed by atoms with Crippen molar-refractivity contribution in [2.24, 2.45) is 0 Å². The first-order valence-electron chi connectivity index (χ1n) is 11.7. The number of sulfone groups is 1. The van der Waals surface area contributed by atoms with E-state index in [2.05, 4.69) is 10.3 Å². The molecule has 1 aromatic heterocycles. The third-order valence-electron chi connectivity index (χ3n) is 6.01. The summed E-state index contributed by atoms with van der Waals surface area (Å²) < 4.78 is 33.7. The second-order valence-corrected chi connectivity index (χ2v) is 10.5. The standard InChI is InChI=1S/C30H26N2O3S/c1-22-17-19-26(20-18-22)36(33,34)30-29(31-21-23-11-5-2-6-12-23)35-28(32-30)27(24-13-7-3-8-14-24)25-15-9-4-10-16-25/h2-20,27,31H,21H2,1H3. The highest BCUT2D eigenvalue weighted by atomic mass is 32.2. The van der Waals surface area contributed by atoms with Crippen LogP contribution in [0.3, 0.4) is 0 Å². The molecule has 5 rings (SSSR count). The number of nitrogens with zero attached hydrogens (tertiary/aromatic N) is 1. The van der Waals surface area contributed by atoms with Crippen LogP contribution in [-0.4, -0.2) is 13.4 Å². The van der Waals surface area contributed by atoms with Crippen LogP contribution in [0.5, 0.6) is 0 Å². The summed E-state index contributed by atoms with van der Waals surface area (Å²) >= 11 is 0. The minimum atomic E-state index is -3.94. The van der Waals surface area contributed by atoms with Gasteiger partial charge in [-0.1, -0.05) is 109 Å². The van der Waals surface area contributed by atoms with E-state index in [0.717, 1.165) is 22.3 Å². The van der Waals surface area contributed by atoms with Gasteiger partial charge >= 0.3 is 0 Å². The molecule has 0 aliphatic heterocycles. The molecule has 0 saturated carbocycles. The summed E-state index contributed by atoms with van der Waals surface area (Å²) in [7, 11) is -3.94. The maximum absolute atomic E-state index is 13.7. The fraction of sp³-hybridized carbons (Fsp3) is 0.100. The summed E-state index contributed by atoms with van der Waals surface area (Å²) in [6.45, 7) is 2.31. The minimum Gasteiger partial charge on any atom is -0.423 e. The molecule has 0 bridgehead atoms. The molecule has 0 radical (unpaired) electrons. The average Bonchev–Trinajstić information content (AvgIpc) is 3.34. The van der Waals surface area contributed by atoms with Gasteiger partial charge in [0.25, 0.3) is 0 Å². The topological polar surface area (TPSA) is 72.2 Å². The van der Waals surface area contributed by atoms with Crippen molar-refractivity contribution < 1.29 is 12.8 Å². The quantitative estimate of drug-likeness (QED) is 0.263. The first-order chi connectivity index (χ1) is 17.5. The molecule has 0 saturated heterocycles. The van der Waals surface area contributed by atoms with Gasteiger partial charge in [-0.05, 0) is 35.7 Å². The molecule has 0 amide bonds. The van der Waals surface area contributed by atoms with E-state index in [1.54, 1.807) is 24.3 Å². The van der Waals surface area contributed by atoms with Crippen molar-refractivity contribution in [2.45, 2.75) is 29.3 Å². The highest BCUT2D eigenvalue weighted by Gasteiger charge is 2.31. The number of hydrogen-bond donors (Lipinski definition) is 1. The lowest BCUT2D eigenvalue weighted by Crippen LogP contribution is -2.08. The Labute approximate surface area is 211 Å². The lowest BCUT2D eigenvalue weighted by molar-refractivity contribution is 0.498. The molecule has 1 N–H and O–H groups in total. The molecular weight excluding hydrogens is 468 g/mol. The Morgan fingerprint density at radius 1 is 0.750 bits per heavy atom. The summed E-state index contributed by atoms with van der Waals surface area (Å²) in [5.41, 5.74) is 3.89. The van der Waals surface area contributed by atoms with Crippen LogP contribution in [0.4, 0.5) is 5.88 Å². The van der Waals surface area contributed by atoms with E-state index in [1.165, 1.54) is 0 Å². The van der Waals surface area contributed by atoms with Gasteiger partial charge in [0.15, 0.2) is 0 Å². The van der Waals surface area contributed by atoms with E-state index in [1.807, 2.05) is 97.9 Å².